The van der Waals surface area contributed by atoms with Crippen LogP contribution in [0.5, 0.6) is 11.5 Å². The maximum Gasteiger partial charge on any atom is 0.255 e. The van der Waals surface area contributed by atoms with E-state index in [1.807, 2.05) is 28.7 Å². The molecule has 3 rings (SSSR count). The first-order valence-corrected chi connectivity index (χ1v) is 10.2. The Morgan fingerprint density at radius 1 is 1.34 bits per heavy atom. The standard InChI is InChI=1S/C19H18IN9O3/c1-2-31-11-4-8(3-10(20)16(11)32-6-12(23)30)15-13-14(24)9(5-21)17(25)28-18(13)29-19(27-15)26-7-22/h3-4,15H,2,6H2,1H3,(H2,23,30)(H6,24,25,26,27,28,29). The third-order valence-electron chi connectivity index (χ3n) is 4.36. The molecule has 0 saturated carbocycles. The van der Waals surface area contributed by atoms with Gasteiger partial charge in [0.2, 0.25) is 5.96 Å². The highest BCUT2D eigenvalue weighted by atomic mass is 127. The predicted octanol–water partition coefficient (Wildman–Crippen LogP) is 0.927. The van der Waals surface area contributed by atoms with E-state index in [9.17, 15) is 10.1 Å². The topological polar surface area (TPSA) is 210 Å². The van der Waals surface area contributed by atoms with Crippen molar-refractivity contribution in [2.45, 2.75) is 13.0 Å². The molecule has 2 aromatic rings. The normalized spacial score (nSPS) is 14.1. The Hall–Kier alpha value is -3.98. The molecule has 0 aliphatic carbocycles. The summed E-state index contributed by atoms with van der Waals surface area (Å²) >= 11 is 2.04. The highest BCUT2D eigenvalue weighted by Crippen LogP contribution is 2.44. The van der Waals surface area contributed by atoms with E-state index in [-0.39, 0.29) is 35.5 Å². The first-order chi connectivity index (χ1) is 15.3. The van der Waals surface area contributed by atoms with Gasteiger partial charge < -0.3 is 32.0 Å². The molecule has 1 amide bonds. The van der Waals surface area contributed by atoms with Gasteiger partial charge in [0.15, 0.2) is 24.3 Å². The number of hydrogen-bond acceptors (Lipinski definition) is 11. The smallest absolute Gasteiger partial charge is 0.255 e. The third-order valence-corrected chi connectivity index (χ3v) is 5.17. The van der Waals surface area contributed by atoms with E-state index in [1.165, 1.54) is 0 Å². The van der Waals surface area contributed by atoms with Gasteiger partial charge in [0.1, 0.15) is 29.3 Å². The van der Waals surface area contributed by atoms with Crippen molar-refractivity contribution in [3.63, 3.8) is 0 Å². The molecule has 13 heteroatoms. The number of nitriles is 2. The van der Waals surface area contributed by atoms with Gasteiger partial charge in [0.05, 0.1) is 15.9 Å². The summed E-state index contributed by atoms with van der Waals surface area (Å²) in [7, 11) is 0. The number of nitrogens with two attached hydrogens (primary N) is 3. The van der Waals surface area contributed by atoms with Crippen LogP contribution in [-0.2, 0) is 4.79 Å². The van der Waals surface area contributed by atoms with Crippen LogP contribution in [0, 0.1) is 26.4 Å². The number of nitrogens with zero attached hydrogens (tertiary/aromatic N) is 4. The van der Waals surface area contributed by atoms with Crippen LogP contribution in [0.3, 0.4) is 0 Å². The molecule has 2 heterocycles. The number of carbonyl (C=O) groups excluding carboxylic acids is 1. The zero-order chi connectivity index (χ0) is 23.4. The molecule has 12 nitrogen and oxygen atoms in total. The predicted molar refractivity (Wildman–Crippen MR) is 124 cm³/mol. The quantitative estimate of drug-likeness (QED) is 0.196. The minimum absolute atomic E-state index is 0.0311. The van der Waals surface area contributed by atoms with Gasteiger partial charge in [-0.25, -0.2) is 9.98 Å². The molecular formula is C19H18IN9O3. The van der Waals surface area contributed by atoms with Crippen LogP contribution in [0.1, 0.15) is 29.7 Å². The number of ether oxygens (including phenoxy) is 2. The number of aromatic nitrogens is 1. The van der Waals surface area contributed by atoms with E-state index in [2.05, 4.69) is 20.6 Å². The SMILES string of the molecule is CCOc1cc(C2N=C(NC#N)Nc3nc(N)c(C#N)c(N)c32)cc(I)c1OCC(N)=O. The van der Waals surface area contributed by atoms with Crippen molar-refractivity contribution in [2.75, 3.05) is 30.0 Å². The number of benzene rings is 1. The van der Waals surface area contributed by atoms with Gasteiger partial charge in [0.25, 0.3) is 5.91 Å². The lowest BCUT2D eigenvalue weighted by Gasteiger charge is -2.27. The number of amides is 1. The Bertz CT molecular complexity index is 1200. The summed E-state index contributed by atoms with van der Waals surface area (Å²) in [4.78, 5) is 19.9. The van der Waals surface area contributed by atoms with E-state index >= 15 is 0 Å². The fraction of sp³-hybridized carbons (Fsp3) is 0.211. The van der Waals surface area contributed by atoms with Gasteiger partial charge >= 0.3 is 0 Å². The zero-order valence-electron chi connectivity index (χ0n) is 16.8. The number of aliphatic imine (C=N–C) groups is 1. The molecule has 1 atom stereocenters. The number of nitrogen functional groups attached to an aromatic ring is 2. The lowest BCUT2D eigenvalue weighted by molar-refractivity contribution is -0.119. The molecular weight excluding hydrogens is 529 g/mol. The van der Waals surface area contributed by atoms with Crippen molar-refractivity contribution in [1.29, 1.82) is 10.5 Å². The highest BCUT2D eigenvalue weighted by Gasteiger charge is 2.31. The summed E-state index contributed by atoms with van der Waals surface area (Å²) in [5.41, 5.74) is 18.5. The maximum atomic E-state index is 11.2. The van der Waals surface area contributed by atoms with E-state index < -0.39 is 11.9 Å². The molecule has 0 bridgehead atoms. The van der Waals surface area contributed by atoms with E-state index in [0.717, 1.165) is 0 Å². The molecule has 0 radical (unpaired) electrons. The summed E-state index contributed by atoms with van der Waals surface area (Å²) in [6, 6.07) is 4.64. The highest BCUT2D eigenvalue weighted by molar-refractivity contribution is 14.1. The minimum atomic E-state index is -0.750. The molecule has 1 unspecified atom stereocenters. The number of nitrogens with one attached hydrogen (secondary N) is 2. The van der Waals surface area contributed by atoms with Gasteiger partial charge in [-0.05, 0) is 47.2 Å². The Morgan fingerprint density at radius 2 is 2.09 bits per heavy atom. The summed E-state index contributed by atoms with van der Waals surface area (Å²) in [6.45, 7) is 1.81. The van der Waals surface area contributed by atoms with Gasteiger partial charge in [0, 0.05) is 5.56 Å². The van der Waals surface area contributed by atoms with Crippen LogP contribution >= 0.6 is 22.6 Å². The second-order valence-corrected chi connectivity index (χ2v) is 7.58. The number of primary amides is 1. The van der Waals surface area contributed by atoms with Crippen molar-refractivity contribution in [2.24, 2.45) is 10.7 Å². The maximum absolute atomic E-state index is 11.2. The van der Waals surface area contributed by atoms with Crippen molar-refractivity contribution < 1.29 is 14.3 Å². The van der Waals surface area contributed by atoms with E-state index in [1.54, 1.807) is 25.2 Å². The summed E-state index contributed by atoms with van der Waals surface area (Å²) in [6.07, 6.45) is 1.80. The second kappa shape index (κ2) is 9.44. The largest absolute Gasteiger partial charge is 0.490 e. The number of halogens is 1. The molecule has 1 aromatic carbocycles. The number of hydrogen-bond donors (Lipinski definition) is 5. The molecule has 0 saturated heterocycles. The van der Waals surface area contributed by atoms with Crippen LogP contribution in [0.2, 0.25) is 0 Å². The van der Waals surface area contributed by atoms with Gasteiger partial charge in [-0.2, -0.15) is 10.5 Å². The Balaban J connectivity index is 2.21. The van der Waals surface area contributed by atoms with Crippen LogP contribution in [-0.4, -0.2) is 30.1 Å². The fourth-order valence-corrected chi connectivity index (χ4v) is 3.90. The number of pyridine rings is 1. The number of guanidine groups is 1. The van der Waals surface area contributed by atoms with Gasteiger partial charge in [-0.15, -0.1) is 0 Å². The molecule has 0 fully saturated rings. The van der Waals surface area contributed by atoms with E-state index in [0.29, 0.717) is 32.8 Å². The van der Waals surface area contributed by atoms with Crippen molar-refractivity contribution in [1.82, 2.24) is 10.3 Å². The Kier molecular flexibility index (Phi) is 6.70. The third kappa shape index (κ3) is 4.37. The molecule has 8 N–H and O–H groups in total. The van der Waals surface area contributed by atoms with Crippen LogP contribution in [0.4, 0.5) is 17.3 Å². The number of fused-ring (bicyclic) bond motifs is 1. The summed E-state index contributed by atoms with van der Waals surface area (Å²) in [5, 5.41) is 23.8. The number of anilines is 3. The lowest BCUT2D eigenvalue weighted by Crippen LogP contribution is -2.32. The average molecular weight is 547 g/mol. The van der Waals surface area contributed by atoms with Crippen LogP contribution < -0.4 is 37.3 Å². The second-order valence-electron chi connectivity index (χ2n) is 6.42. The molecule has 1 aliphatic heterocycles. The number of carbonyl (C=O) groups is 1. The van der Waals surface area contributed by atoms with Crippen LogP contribution in [0.25, 0.3) is 0 Å². The number of rotatable bonds is 6. The van der Waals surface area contributed by atoms with Crippen molar-refractivity contribution >= 4 is 51.8 Å². The minimum Gasteiger partial charge on any atom is -0.490 e. The van der Waals surface area contributed by atoms with Gasteiger partial charge in [-0.3, -0.25) is 10.1 Å². The summed E-state index contributed by atoms with van der Waals surface area (Å²) in [5.74, 6) is 0.430. The zero-order valence-corrected chi connectivity index (χ0v) is 18.9. The van der Waals surface area contributed by atoms with Crippen molar-refractivity contribution in [3.05, 3.63) is 32.4 Å². The molecule has 164 valence electrons. The fourth-order valence-electron chi connectivity index (χ4n) is 3.11. The Labute approximate surface area is 196 Å². The van der Waals surface area contributed by atoms with Crippen LogP contribution in [0.15, 0.2) is 17.1 Å². The first-order valence-electron chi connectivity index (χ1n) is 9.16. The van der Waals surface area contributed by atoms with Gasteiger partial charge in [-0.1, -0.05) is 0 Å². The first kappa shape index (κ1) is 22.7. The van der Waals surface area contributed by atoms with Crippen molar-refractivity contribution in [3.8, 4) is 23.8 Å². The monoisotopic (exact) mass is 547 g/mol. The Morgan fingerprint density at radius 3 is 2.72 bits per heavy atom. The molecule has 32 heavy (non-hydrogen) atoms. The lowest BCUT2D eigenvalue weighted by atomic mass is 9.95. The molecule has 1 aliphatic rings. The van der Waals surface area contributed by atoms with E-state index in [4.69, 9.17) is 31.9 Å². The molecule has 1 aromatic heterocycles. The molecule has 0 spiro atoms. The summed E-state index contributed by atoms with van der Waals surface area (Å²) < 4.78 is 11.8. The average Bonchev–Trinajstić information content (AvgIpc) is 2.72.